The highest BCUT2D eigenvalue weighted by Gasteiger charge is 2.50. The van der Waals surface area contributed by atoms with E-state index in [2.05, 4.69) is 9.88 Å². The minimum atomic E-state index is -3.71. The van der Waals surface area contributed by atoms with Crippen molar-refractivity contribution in [3.8, 4) is 0 Å². The molecule has 6 nitrogen and oxygen atoms in total. The van der Waals surface area contributed by atoms with Crippen LogP contribution in [0.25, 0.3) is 11.0 Å². The number of benzene rings is 2. The van der Waals surface area contributed by atoms with Gasteiger partial charge in [-0.3, -0.25) is 4.98 Å². The third-order valence-corrected chi connectivity index (χ3v) is 9.92. The van der Waals surface area contributed by atoms with Crippen LogP contribution in [0.4, 0.5) is 10.2 Å². The number of nitrogens with zero attached hydrogens (tertiary/aromatic N) is 4. The molecule has 2 aliphatic rings. The van der Waals surface area contributed by atoms with Gasteiger partial charge in [0.25, 0.3) is 0 Å². The molecule has 162 valence electrons. The standard InChI is InChI=1S/C22H23FN4O2S2/c1-16-14-17(23)6-7-20(16)31(28,29)27-12-13-30-22(27)8-10-26(11-9-22)21-15-24-18-4-2-3-5-19(18)25-21/h2-7,14-15H,8-13H2,1H3. The number of anilines is 1. The zero-order valence-corrected chi connectivity index (χ0v) is 18.8. The van der Waals surface area contributed by atoms with Crippen LogP contribution in [0.5, 0.6) is 0 Å². The second-order valence-corrected chi connectivity index (χ2v) is 11.3. The number of hydrogen-bond acceptors (Lipinski definition) is 6. The summed E-state index contributed by atoms with van der Waals surface area (Å²) in [5.41, 5.74) is 2.15. The first-order valence-corrected chi connectivity index (χ1v) is 12.7. The highest BCUT2D eigenvalue weighted by Crippen LogP contribution is 2.47. The third kappa shape index (κ3) is 3.58. The summed E-state index contributed by atoms with van der Waals surface area (Å²) in [6, 6.07) is 11.7. The van der Waals surface area contributed by atoms with Gasteiger partial charge in [-0.2, -0.15) is 4.31 Å². The van der Waals surface area contributed by atoms with E-state index in [9.17, 15) is 12.8 Å². The molecule has 1 spiro atoms. The van der Waals surface area contributed by atoms with Gasteiger partial charge in [0, 0.05) is 25.4 Å². The molecule has 2 saturated heterocycles. The molecule has 0 saturated carbocycles. The fraction of sp³-hybridized carbons (Fsp3) is 0.364. The predicted molar refractivity (Wildman–Crippen MR) is 121 cm³/mol. The lowest BCUT2D eigenvalue weighted by Crippen LogP contribution is -2.52. The van der Waals surface area contributed by atoms with Gasteiger partial charge < -0.3 is 4.90 Å². The van der Waals surface area contributed by atoms with Crippen LogP contribution in [-0.2, 0) is 10.0 Å². The smallest absolute Gasteiger partial charge is 0.244 e. The van der Waals surface area contributed by atoms with Gasteiger partial charge in [-0.25, -0.2) is 17.8 Å². The van der Waals surface area contributed by atoms with Crippen molar-refractivity contribution in [1.29, 1.82) is 0 Å². The van der Waals surface area contributed by atoms with Gasteiger partial charge >= 0.3 is 0 Å². The van der Waals surface area contributed by atoms with Gasteiger partial charge in [0.05, 0.1) is 27.0 Å². The van der Waals surface area contributed by atoms with Crippen LogP contribution in [0.3, 0.4) is 0 Å². The van der Waals surface area contributed by atoms with Gasteiger partial charge in [0.15, 0.2) is 0 Å². The third-order valence-electron chi connectivity index (χ3n) is 6.13. The van der Waals surface area contributed by atoms with Gasteiger partial charge in [0.1, 0.15) is 11.6 Å². The van der Waals surface area contributed by atoms with E-state index >= 15 is 0 Å². The van der Waals surface area contributed by atoms with E-state index < -0.39 is 20.7 Å². The lowest BCUT2D eigenvalue weighted by molar-refractivity contribution is 0.266. The number of para-hydroxylation sites is 2. The maximum absolute atomic E-state index is 13.5. The van der Waals surface area contributed by atoms with Gasteiger partial charge in [-0.1, -0.05) is 12.1 Å². The number of aromatic nitrogens is 2. The Hall–Kier alpha value is -2.23. The van der Waals surface area contributed by atoms with Crippen molar-refractivity contribution in [3.63, 3.8) is 0 Å². The van der Waals surface area contributed by atoms with Crippen molar-refractivity contribution < 1.29 is 12.8 Å². The molecule has 3 aromatic rings. The summed E-state index contributed by atoms with van der Waals surface area (Å²) in [4.78, 5) is 11.1. The minimum absolute atomic E-state index is 0.193. The molecule has 2 aliphatic heterocycles. The molecule has 31 heavy (non-hydrogen) atoms. The SMILES string of the molecule is Cc1cc(F)ccc1S(=O)(=O)N1CCSC12CCN(c1cnc3ccccc3n1)CC2. The molecule has 0 amide bonds. The van der Waals surface area contributed by atoms with Crippen LogP contribution in [0, 0.1) is 12.7 Å². The molecule has 3 heterocycles. The second kappa shape index (κ2) is 7.72. The molecular formula is C22H23FN4O2S2. The molecule has 5 rings (SSSR count). The monoisotopic (exact) mass is 458 g/mol. The number of hydrogen-bond donors (Lipinski definition) is 0. The molecule has 0 radical (unpaired) electrons. The van der Waals surface area contributed by atoms with Crippen LogP contribution < -0.4 is 4.90 Å². The molecule has 9 heteroatoms. The van der Waals surface area contributed by atoms with Gasteiger partial charge in [-0.15, -0.1) is 11.8 Å². The van der Waals surface area contributed by atoms with E-state index in [1.165, 1.54) is 18.2 Å². The number of piperidine rings is 1. The number of fused-ring (bicyclic) bond motifs is 1. The van der Waals surface area contributed by atoms with Crippen LogP contribution >= 0.6 is 11.8 Å². The molecule has 0 N–H and O–H groups in total. The fourth-order valence-electron chi connectivity index (χ4n) is 4.53. The number of sulfonamides is 1. The van der Waals surface area contributed by atoms with Crippen LogP contribution in [-0.4, -0.2) is 52.9 Å². The zero-order valence-electron chi connectivity index (χ0n) is 17.2. The lowest BCUT2D eigenvalue weighted by Gasteiger charge is -2.43. The molecule has 2 fully saturated rings. The fourth-order valence-corrected chi connectivity index (χ4v) is 8.36. The number of thioether (sulfide) groups is 1. The maximum atomic E-state index is 13.5. The largest absolute Gasteiger partial charge is 0.355 e. The average molecular weight is 459 g/mol. The van der Waals surface area contributed by atoms with Crippen molar-refractivity contribution in [2.45, 2.75) is 29.5 Å². The summed E-state index contributed by atoms with van der Waals surface area (Å²) in [7, 11) is -3.71. The van der Waals surface area contributed by atoms with Crippen LogP contribution in [0.15, 0.2) is 53.6 Å². The first-order valence-electron chi connectivity index (χ1n) is 10.3. The van der Waals surface area contributed by atoms with E-state index in [0.717, 1.165) is 22.6 Å². The normalized spacial score (nSPS) is 19.4. The number of aryl methyl sites for hydroxylation is 1. The lowest BCUT2D eigenvalue weighted by atomic mass is 10.0. The quantitative estimate of drug-likeness (QED) is 0.595. The molecule has 0 atom stereocenters. The second-order valence-electron chi connectivity index (χ2n) is 7.99. The average Bonchev–Trinajstić information content (AvgIpc) is 3.17. The van der Waals surface area contributed by atoms with Crippen LogP contribution in [0.1, 0.15) is 18.4 Å². The molecule has 0 unspecified atom stereocenters. The van der Waals surface area contributed by atoms with Crippen LogP contribution in [0.2, 0.25) is 0 Å². The Morgan fingerprint density at radius 3 is 2.55 bits per heavy atom. The number of rotatable bonds is 3. The van der Waals surface area contributed by atoms with Gasteiger partial charge in [-0.05, 0) is 55.7 Å². The van der Waals surface area contributed by atoms with Crippen molar-refractivity contribution in [1.82, 2.24) is 14.3 Å². The van der Waals surface area contributed by atoms with Crippen molar-refractivity contribution in [3.05, 3.63) is 60.0 Å². The van der Waals surface area contributed by atoms with E-state index in [-0.39, 0.29) is 4.90 Å². The highest BCUT2D eigenvalue weighted by molar-refractivity contribution is 8.02. The van der Waals surface area contributed by atoms with Crippen molar-refractivity contribution in [2.75, 3.05) is 30.3 Å². The summed E-state index contributed by atoms with van der Waals surface area (Å²) in [6.45, 7) is 3.52. The maximum Gasteiger partial charge on any atom is 0.244 e. The summed E-state index contributed by atoms with van der Waals surface area (Å²) in [6.07, 6.45) is 3.19. The van der Waals surface area contributed by atoms with Gasteiger partial charge in [0.2, 0.25) is 10.0 Å². The Labute approximate surface area is 185 Å². The zero-order chi connectivity index (χ0) is 21.6. The Balaban J connectivity index is 1.39. The van der Waals surface area contributed by atoms with E-state index in [1.54, 1.807) is 29.2 Å². The van der Waals surface area contributed by atoms with E-state index in [0.29, 0.717) is 38.0 Å². The Morgan fingerprint density at radius 2 is 1.81 bits per heavy atom. The molecule has 0 aliphatic carbocycles. The molecule has 1 aromatic heterocycles. The van der Waals surface area contributed by atoms with E-state index in [4.69, 9.17) is 4.98 Å². The highest BCUT2D eigenvalue weighted by atomic mass is 32.2. The van der Waals surface area contributed by atoms with E-state index in [1.807, 2.05) is 24.3 Å². The first kappa shape index (κ1) is 20.7. The topological polar surface area (TPSA) is 66.4 Å². The molecular weight excluding hydrogens is 435 g/mol. The van der Waals surface area contributed by atoms with Crippen molar-refractivity contribution >= 4 is 38.6 Å². The van der Waals surface area contributed by atoms with Crippen molar-refractivity contribution in [2.24, 2.45) is 0 Å². The summed E-state index contributed by atoms with van der Waals surface area (Å²) >= 11 is 1.71. The summed E-state index contributed by atoms with van der Waals surface area (Å²) in [5, 5.41) is 0. The summed E-state index contributed by atoms with van der Waals surface area (Å²) in [5.74, 6) is 1.15. The Kier molecular flexibility index (Phi) is 5.15. The first-order chi connectivity index (χ1) is 14.9. The predicted octanol–water partition coefficient (Wildman–Crippen LogP) is 3.81. The molecule has 2 aromatic carbocycles. The Bertz CT molecular complexity index is 1240. The number of halogens is 1. The minimum Gasteiger partial charge on any atom is -0.355 e. The molecule has 0 bridgehead atoms. The Morgan fingerprint density at radius 1 is 1.06 bits per heavy atom. The summed E-state index contributed by atoms with van der Waals surface area (Å²) < 4.78 is 42.2.